The molecule has 1 amide bonds. The molecule has 0 aliphatic carbocycles. The Labute approximate surface area is 387 Å². The Bertz CT molecular complexity index is 2880. The summed E-state index contributed by atoms with van der Waals surface area (Å²) >= 11 is 0. The number of aliphatic hydroxyl groups excluding tert-OH is 3. The number of methoxy groups -OCH3 is 1. The van der Waals surface area contributed by atoms with Crippen molar-refractivity contribution in [3.8, 4) is 11.5 Å². The minimum Gasteiger partial charge on any atom is -0.507 e. The number of esters is 1. The molecule has 67 heavy (non-hydrogen) atoms. The van der Waals surface area contributed by atoms with Crippen LogP contribution in [0.2, 0.25) is 0 Å². The Kier molecular flexibility index (Phi) is 13.8. The Morgan fingerprint density at radius 2 is 1.64 bits per heavy atom. The third kappa shape index (κ3) is 8.97. The van der Waals surface area contributed by atoms with E-state index < -0.39 is 88.1 Å². The summed E-state index contributed by atoms with van der Waals surface area (Å²) in [5.74, 6) is -6.93. The molecule has 17 nitrogen and oxygen atoms in total. The van der Waals surface area contributed by atoms with Gasteiger partial charge in [0.25, 0.3) is 5.91 Å². The summed E-state index contributed by atoms with van der Waals surface area (Å²) in [5.41, 5.74) is -1.35. The lowest BCUT2D eigenvalue weighted by atomic mass is 9.78. The number of benzene rings is 3. The van der Waals surface area contributed by atoms with Gasteiger partial charge in [-0.3, -0.25) is 19.2 Å². The first-order chi connectivity index (χ1) is 31.6. The highest BCUT2D eigenvalue weighted by molar-refractivity contribution is 6.16. The maximum Gasteiger partial charge on any atom is 0.307 e. The highest BCUT2D eigenvalue weighted by atomic mass is 16.7. The van der Waals surface area contributed by atoms with Gasteiger partial charge in [-0.2, -0.15) is 0 Å². The quantitative estimate of drug-likeness (QED) is 0.102. The van der Waals surface area contributed by atoms with Crippen molar-refractivity contribution in [1.29, 1.82) is 0 Å². The number of hydrogen-bond acceptors (Lipinski definition) is 16. The third-order valence-electron chi connectivity index (χ3n) is 14.0. The predicted molar refractivity (Wildman–Crippen MR) is 254 cm³/mol. The summed E-state index contributed by atoms with van der Waals surface area (Å²) in [6.07, 6.45) is 5.30. The molecule has 1 aromatic heterocycles. The zero-order chi connectivity index (χ0) is 49.0. The van der Waals surface area contributed by atoms with E-state index in [1.807, 2.05) is 14.1 Å². The van der Waals surface area contributed by atoms with E-state index in [4.69, 9.17) is 28.3 Å². The number of nitrogens with zero attached hydrogens (tertiary/aromatic N) is 3. The molecule has 4 bridgehead atoms. The number of anilines is 2. The minimum absolute atomic E-state index is 0.0391. The summed E-state index contributed by atoms with van der Waals surface area (Å²) in [6.45, 7) is 14.0. The molecule has 7 rings (SSSR count). The Morgan fingerprint density at radius 1 is 0.955 bits per heavy atom. The molecule has 4 aromatic rings. The van der Waals surface area contributed by atoms with Crippen LogP contribution in [-0.4, -0.2) is 113 Å². The van der Waals surface area contributed by atoms with E-state index in [1.165, 1.54) is 59.3 Å². The zero-order valence-corrected chi connectivity index (χ0v) is 39.9. The molecule has 0 spiro atoms. The highest BCUT2D eigenvalue weighted by Crippen LogP contribution is 2.42. The Morgan fingerprint density at radius 3 is 2.28 bits per heavy atom. The van der Waals surface area contributed by atoms with Crippen LogP contribution in [0.4, 0.5) is 11.4 Å². The van der Waals surface area contributed by atoms with Gasteiger partial charge in [0.1, 0.15) is 28.8 Å². The van der Waals surface area contributed by atoms with Crippen LogP contribution >= 0.6 is 0 Å². The largest absolute Gasteiger partial charge is 0.507 e. The fraction of sp³-hybridized carbons (Fsp3) is 0.500. The number of rotatable bonds is 4. The van der Waals surface area contributed by atoms with Crippen molar-refractivity contribution in [3.05, 3.63) is 79.5 Å². The third-order valence-corrected chi connectivity index (χ3v) is 14.0. The minimum atomic E-state index is -1.98. The van der Waals surface area contributed by atoms with E-state index in [2.05, 4.69) is 15.1 Å². The van der Waals surface area contributed by atoms with Crippen LogP contribution in [0.5, 0.6) is 11.5 Å². The van der Waals surface area contributed by atoms with Crippen LogP contribution < -0.4 is 31.0 Å². The van der Waals surface area contributed by atoms with Gasteiger partial charge in [0.15, 0.2) is 22.4 Å². The van der Waals surface area contributed by atoms with Crippen molar-refractivity contribution >= 4 is 62.0 Å². The molecule has 1 saturated heterocycles. The topological polar surface area (TPSA) is 231 Å². The zero-order valence-electron chi connectivity index (χ0n) is 39.9. The van der Waals surface area contributed by atoms with Gasteiger partial charge in [-0.05, 0) is 46.9 Å². The van der Waals surface area contributed by atoms with Crippen LogP contribution in [0.25, 0.3) is 38.7 Å². The molecular formula is C50H62N4O13. The van der Waals surface area contributed by atoms with Gasteiger partial charge in [-0.25, -0.2) is 4.98 Å². The standard InChI is InChI=1S/C50H62N4O13/c1-23-13-12-14-24(2)49(62)52-40-44(60)36-35(39-47(40)66-34-22-31(21-32(56)38(34)51-39)54-18-15-30(16-19-54)53(9)10)37-46(28(6)43(36)59)67-50(8,48(37)61)64-20-17-33(63-11)25(3)45(65-29(7)55)27(5)42(58)26(4)41(23)57/h12-14,17,20-23,25-27,30,33,41-42,45,57-59,61H,15-16,18-19H2,1-11H3,(H,52,62)/b13-12+,20-17-,24-14+/t23-,25+,26+,27+,33-,41-,42+,45+,50-/m0/s1. The molecule has 3 aromatic carbocycles. The summed E-state index contributed by atoms with van der Waals surface area (Å²) < 4.78 is 30.5. The van der Waals surface area contributed by atoms with Crippen molar-refractivity contribution in [2.45, 2.75) is 104 Å². The fourth-order valence-electron chi connectivity index (χ4n) is 9.70. The summed E-state index contributed by atoms with van der Waals surface area (Å²) in [4.78, 5) is 64.4. The van der Waals surface area contributed by atoms with E-state index in [-0.39, 0.29) is 60.8 Å². The van der Waals surface area contributed by atoms with E-state index in [1.54, 1.807) is 45.9 Å². The number of phenols is 1. The lowest BCUT2D eigenvalue weighted by molar-refractivity contribution is -0.160. The number of allylic oxidation sites excluding steroid dienone is 2. The van der Waals surface area contributed by atoms with Crippen molar-refractivity contribution in [2.75, 3.05) is 44.5 Å². The maximum absolute atomic E-state index is 14.9. The summed E-state index contributed by atoms with van der Waals surface area (Å²) in [5, 5.41) is 49.3. The average Bonchev–Trinajstić information content (AvgIpc) is 3.56. The summed E-state index contributed by atoms with van der Waals surface area (Å²) in [7, 11) is 5.52. The number of aliphatic hydroxyl groups is 3. The summed E-state index contributed by atoms with van der Waals surface area (Å²) in [6, 6.07) is 3.54. The molecular weight excluding hydrogens is 865 g/mol. The second-order valence-corrected chi connectivity index (χ2v) is 18.7. The van der Waals surface area contributed by atoms with Gasteiger partial charge in [-0.15, -0.1) is 0 Å². The monoisotopic (exact) mass is 926 g/mol. The van der Waals surface area contributed by atoms with E-state index >= 15 is 0 Å². The molecule has 5 N–H and O–H groups in total. The van der Waals surface area contributed by atoms with Crippen LogP contribution in [0.3, 0.4) is 0 Å². The van der Waals surface area contributed by atoms with Crippen molar-refractivity contribution in [2.24, 2.45) is 23.7 Å². The molecule has 3 aliphatic heterocycles. The SMILES string of the molecule is CO[C@H]1/C=C\O[C@@]2(C)Oc3c(C)c(O)c4c(=O)c(c5oc6cc(N7CCC(N(C)C)CC7)cc(=O)c6nc5c4c3=C2O)NC(=O)/C(C)=C/C=C/[C@H](C)[C@H](O)[C@@H](C)[C@@H](O)[C@@H](C)[C@H](OC(C)=O)[C@@H]1C. The number of amides is 1. The lowest BCUT2D eigenvalue weighted by Crippen LogP contribution is -2.46. The maximum atomic E-state index is 14.9. The van der Waals surface area contributed by atoms with Crippen LogP contribution in [0.15, 0.2) is 62.3 Å². The normalized spacial score (nSPS) is 29.8. The van der Waals surface area contributed by atoms with Gasteiger partial charge < -0.3 is 58.9 Å². The van der Waals surface area contributed by atoms with Crippen LogP contribution in [0, 0.1) is 30.6 Å². The van der Waals surface area contributed by atoms with E-state index in [0.717, 1.165) is 12.8 Å². The Hall–Kier alpha value is -6.01. The molecule has 0 radical (unpaired) electrons. The van der Waals surface area contributed by atoms with Gasteiger partial charge in [-0.1, -0.05) is 45.9 Å². The van der Waals surface area contributed by atoms with Gasteiger partial charge in [0.2, 0.25) is 10.9 Å². The number of carbonyl (C=O) groups is 2. The highest BCUT2D eigenvalue weighted by Gasteiger charge is 2.44. The van der Waals surface area contributed by atoms with Gasteiger partial charge in [0, 0.05) is 98.1 Å². The van der Waals surface area contributed by atoms with E-state index in [9.17, 15) is 39.6 Å². The van der Waals surface area contributed by atoms with Crippen molar-refractivity contribution in [3.63, 3.8) is 0 Å². The first-order valence-corrected chi connectivity index (χ1v) is 22.6. The number of ether oxygens (including phenoxy) is 4. The number of piperidine rings is 1. The predicted octanol–water partition coefficient (Wildman–Crippen LogP) is 5.09. The number of hydrogen-bond donors (Lipinski definition) is 5. The van der Waals surface area contributed by atoms with Crippen LogP contribution in [-0.2, 0) is 23.8 Å². The van der Waals surface area contributed by atoms with Gasteiger partial charge >= 0.3 is 11.8 Å². The first-order valence-electron chi connectivity index (χ1n) is 22.6. The molecule has 360 valence electrons. The van der Waals surface area contributed by atoms with Gasteiger partial charge in [0.05, 0.1) is 35.2 Å². The lowest BCUT2D eigenvalue weighted by Gasteiger charge is -2.38. The van der Waals surface area contributed by atoms with E-state index in [0.29, 0.717) is 24.8 Å². The molecule has 0 unspecified atom stereocenters. The second-order valence-electron chi connectivity index (χ2n) is 18.7. The average molecular weight is 927 g/mol. The molecule has 3 aliphatic rings. The smallest absolute Gasteiger partial charge is 0.307 e. The first kappa shape index (κ1) is 48.9. The number of aromatic hydroxyl groups is 1. The molecule has 4 heterocycles. The number of fused-ring (bicyclic) bond motifs is 2. The molecule has 9 atom stereocenters. The Balaban J connectivity index is 1.47. The fourth-order valence-corrected chi connectivity index (χ4v) is 9.70. The second kappa shape index (κ2) is 18.9. The number of aromatic nitrogens is 1. The van der Waals surface area contributed by atoms with Crippen molar-refractivity contribution < 1.29 is 53.4 Å². The van der Waals surface area contributed by atoms with Crippen molar-refractivity contribution in [1.82, 2.24) is 9.88 Å². The molecule has 0 saturated carbocycles. The number of phenolic OH excluding ortho intramolecular Hbond substituents is 1. The number of nitrogens with one attached hydrogen (secondary N) is 1. The molecule has 17 heteroatoms. The number of carbonyl (C=O) groups excluding carboxylic acids is 2. The molecule has 1 fully saturated rings. The van der Waals surface area contributed by atoms with Crippen LogP contribution in [0.1, 0.15) is 66.9 Å².